The van der Waals surface area contributed by atoms with Crippen molar-refractivity contribution in [3.05, 3.63) is 47.8 Å². The van der Waals surface area contributed by atoms with E-state index >= 15 is 0 Å². The molecule has 8 nitrogen and oxygen atoms in total. The summed E-state index contributed by atoms with van der Waals surface area (Å²) in [5, 5.41) is 8.71. The Morgan fingerprint density at radius 1 is 1.30 bits per heavy atom. The molecule has 2 aromatic heterocycles. The molecule has 0 spiro atoms. The summed E-state index contributed by atoms with van der Waals surface area (Å²) in [6, 6.07) is 7.11. The Morgan fingerprint density at radius 2 is 2.15 bits per heavy atom. The zero-order valence-corrected chi connectivity index (χ0v) is 15.9. The lowest BCUT2D eigenvalue weighted by Crippen LogP contribution is -2.42. The van der Waals surface area contributed by atoms with Gasteiger partial charge in [0.2, 0.25) is 21.8 Å². The van der Waals surface area contributed by atoms with Crippen molar-refractivity contribution >= 4 is 20.9 Å². The van der Waals surface area contributed by atoms with Crippen LogP contribution in [-0.2, 0) is 21.2 Å². The molecular weight excluding hydrogens is 368 g/mol. The standard InChI is InChI=1S/C18H20N4O4S/c1-3-16-20-21-18(26-16)14-11-22(7-8-25-14)27(23,24)15-6-4-5-13-9-12(2)10-19-17(13)15/h4-6,9-10,14H,3,7-8,11H2,1-2H3/t14-/m0/s1. The normalized spacial score (nSPS) is 18.8. The van der Waals surface area contributed by atoms with Gasteiger partial charge in [-0.05, 0) is 24.6 Å². The van der Waals surface area contributed by atoms with E-state index in [2.05, 4.69) is 15.2 Å². The van der Waals surface area contributed by atoms with Gasteiger partial charge in [0.05, 0.1) is 12.1 Å². The minimum atomic E-state index is -3.74. The van der Waals surface area contributed by atoms with Crippen LogP contribution in [0, 0.1) is 6.92 Å². The van der Waals surface area contributed by atoms with E-state index in [0.717, 1.165) is 10.9 Å². The topological polar surface area (TPSA) is 98.4 Å². The molecule has 1 fully saturated rings. The highest BCUT2D eigenvalue weighted by Crippen LogP contribution is 2.29. The molecule has 142 valence electrons. The number of aryl methyl sites for hydroxylation is 2. The molecule has 1 aliphatic rings. The van der Waals surface area contributed by atoms with E-state index in [9.17, 15) is 8.42 Å². The Morgan fingerprint density at radius 3 is 2.93 bits per heavy atom. The fourth-order valence-corrected chi connectivity index (χ4v) is 4.71. The third-order valence-corrected chi connectivity index (χ3v) is 6.41. The molecule has 0 aliphatic carbocycles. The van der Waals surface area contributed by atoms with Gasteiger partial charge < -0.3 is 9.15 Å². The summed E-state index contributed by atoms with van der Waals surface area (Å²) in [7, 11) is -3.74. The summed E-state index contributed by atoms with van der Waals surface area (Å²) >= 11 is 0. The van der Waals surface area contributed by atoms with Crippen molar-refractivity contribution in [1.82, 2.24) is 19.5 Å². The van der Waals surface area contributed by atoms with Crippen molar-refractivity contribution < 1.29 is 17.6 Å². The molecule has 0 bridgehead atoms. The molecule has 1 aliphatic heterocycles. The average molecular weight is 388 g/mol. The summed E-state index contributed by atoms with van der Waals surface area (Å²) < 4.78 is 39.2. The van der Waals surface area contributed by atoms with Crippen molar-refractivity contribution in [3.8, 4) is 0 Å². The molecule has 1 atom stereocenters. The molecule has 3 heterocycles. The van der Waals surface area contributed by atoms with Crippen molar-refractivity contribution in [1.29, 1.82) is 0 Å². The molecule has 3 aromatic rings. The van der Waals surface area contributed by atoms with Gasteiger partial charge in [-0.1, -0.05) is 19.1 Å². The number of pyridine rings is 1. The summed E-state index contributed by atoms with van der Waals surface area (Å²) in [5.74, 6) is 0.806. The lowest BCUT2D eigenvalue weighted by Gasteiger charge is -2.30. The predicted molar refractivity (Wildman–Crippen MR) is 97.6 cm³/mol. The summed E-state index contributed by atoms with van der Waals surface area (Å²) in [6.07, 6.45) is 1.71. The summed E-state index contributed by atoms with van der Waals surface area (Å²) in [4.78, 5) is 4.55. The van der Waals surface area contributed by atoms with Crippen molar-refractivity contribution in [2.24, 2.45) is 0 Å². The van der Waals surface area contributed by atoms with Crippen LogP contribution < -0.4 is 0 Å². The van der Waals surface area contributed by atoms with Gasteiger partial charge in [0.25, 0.3) is 0 Å². The van der Waals surface area contributed by atoms with Crippen LogP contribution in [0.2, 0.25) is 0 Å². The molecule has 1 aromatic carbocycles. The van der Waals surface area contributed by atoms with Gasteiger partial charge in [-0.25, -0.2) is 8.42 Å². The second-order valence-corrected chi connectivity index (χ2v) is 8.36. The molecule has 0 saturated carbocycles. The monoisotopic (exact) mass is 388 g/mol. The Hall–Kier alpha value is -2.36. The highest BCUT2D eigenvalue weighted by molar-refractivity contribution is 7.89. The highest BCUT2D eigenvalue weighted by atomic mass is 32.2. The molecule has 0 radical (unpaired) electrons. The third kappa shape index (κ3) is 3.33. The maximum atomic E-state index is 13.3. The number of morpholine rings is 1. The van der Waals surface area contributed by atoms with E-state index in [1.54, 1.807) is 18.3 Å². The number of aromatic nitrogens is 3. The van der Waals surface area contributed by atoms with Crippen LogP contribution in [-0.4, -0.2) is 47.6 Å². The highest BCUT2D eigenvalue weighted by Gasteiger charge is 2.35. The zero-order chi connectivity index (χ0) is 19.0. The van der Waals surface area contributed by atoms with Crippen LogP contribution in [0.3, 0.4) is 0 Å². The van der Waals surface area contributed by atoms with Gasteiger partial charge in [-0.3, -0.25) is 4.98 Å². The van der Waals surface area contributed by atoms with Crippen LogP contribution in [0.25, 0.3) is 10.9 Å². The zero-order valence-electron chi connectivity index (χ0n) is 15.1. The number of hydrogen-bond donors (Lipinski definition) is 0. The van der Waals surface area contributed by atoms with Crippen molar-refractivity contribution in [2.75, 3.05) is 19.7 Å². The van der Waals surface area contributed by atoms with Gasteiger partial charge in [-0.2, -0.15) is 4.31 Å². The first-order valence-electron chi connectivity index (χ1n) is 8.78. The number of benzene rings is 1. The van der Waals surface area contributed by atoms with Crippen LogP contribution in [0.1, 0.15) is 30.4 Å². The summed E-state index contributed by atoms with van der Waals surface area (Å²) in [6.45, 7) is 4.47. The predicted octanol–water partition coefficient (Wildman–Crippen LogP) is 2.25. The molecule has 4 rings (SSSR count). The average Bonchev–Trinajstić information content (AvgIpc) is 3.16. The van der Waals surface area contributed by atoms with Crippen LogP contribution in [0.15, 0.2) is 39.8 Å². The van der Waals surface area contributed by atoms with E-state index in [4.69, 9.17) is 9.15 Å². The van der Waals surface area contributed by atoms with Gasteiger partial charge in [0, 0.05) is 31.1 Å². The van der Waals surface area contributed by atoms with E-state index in [1.165, 1.54) is 4.31 Å². The van der Waals surface area contributed by atoms with Gasteiger partial charge in [0.15, 0.2) is 0 Å². The van der Waals surface area contributed by atoms with Crippen LogP contribution in [0.5, 0.6) is 0 Å². The molecule has 0 N–H and O–H groups in total. The molecule has 0 unspecified atom stereocenters. The second-order valence-electron chi connectivity index (χ2n) is 6.45. The van der Waals surface area contributed by atoms with Crippen molar-refractivity contribution in [2.45, 2.75) is 31.3 Å². The maximum absolute atomic E-state index is 13.3. The minimum absolute atomic E-state index is 0.121. The Bertz CT molecular complexity index is 1080. The number of fused-ring (bicyclic) bond motifs is 1. The largest absolute Gasteiger partial charge is 0.422 e. The fourth-order valence-electron chi connectivity index (χ4n) is 3.12. The smallest absolute Gasteiger partial charge is 0.246 e. The van der Waals surface area contributed by atoms with E-state index < -0.39 is 16.1 Å². The van der Waals surface area contributed by atoms with Crippen LogP contribution in [0.4, 0.5) is 0 Å². The number of hydrogen-bond acceptors (Lipinski definition) is 7. The second kappa shape index (κ2) is 6.99. The molecular formula is C18H20N4O4S. The van der Waals surface area contributed by atoms with Crippen LogP contribution >= 0.6 is 0 Å². The Kier molecular flexibility index (Phi) is 4.67. The molecule has 1 saturated heterocycles. The molecule has 9 heteroatoms. The van der Waals surface area contributed by atoms with Gasteiger partial charge in [-0.15, -0.1) is 10.2 Å². The first-order chi connectivity index (χ1) is 13.0. The number of ether oxygens (including phenoxy) is 1. The van der Waals surface area contributed by atoms with E-state index in [-0.39, 0.29) is 24.6 Å². The third-order valence-electron chi connectivity index (χ3n) is 4.52. The van der Waals surface area contributed by atoms with E-state index in [0.29, 0.717) is 23.7 Å². The first-order valence-corrected chi connectivity index (χ1v) is 10.2. The Labute approximate surface area is 157 Å². The Balaban J connectivity index is 1.67. The number of nitrogens with zero attached hydrogens (tertiary/aromatic N) is 4. The van der Waals surface area contributed by atoms with E-state index in [1.807, 2.05) is 26.0 Å². The van der Waals surface area contributed by atoms with Gasteiger partial charge in [0.1, 0.15) is 11.0 Å². The molecule has 27 heavy (non-hydrogen) atoms. The number of rotatable bonds is 4. The minimum Gasteiger partial charge on any atom is -0.422 e. The first kappa shape index (κ1) is 18.0. The maximum Gasteiger partial charge on any atom is 0.246 e. The quantitative estimate of drug-likeness (QED) is 0.676. The fraction of sp³-hybridized carbons (Fsp3) is 0.389. The van der Waals surface area contributed by atoms with Crippen molar-refractivity contribution in [3.63, 3.8) is 0 Å². The van der Waals surface area contributed by atoms with Gasteiger partial charge >= 0.3 is 0 Å². The number of para-hydroxylation sites is 1. The lowest BCUT2D eigenvalue weighted by atomic mass is 10.2. The SMILES string of the molecule is CCc1nnc([C@@H]2CN(S(=O)(=O)c3cccc4cc(C)cnc34)CCO2)o1. The summed E-state index contributed by atoms with van der Waals surface area (Å²) in [5.41, 5.74) is 1.45. The lowest BCUT2D eigenvalue weighted by molar-refractivity contribution is -0.0177. The molecule has 0 amide bonds. The number of sulfonamides is 1.